The zero-order valence-electron chi connectivity index (χ0n) is 17.9. The standard InChI is InChI=1S/C21H39N3O3S/c1-4-5-13-24-20(17-23-12-7-6-10-19(23)11-14-25)16-22-21(24)28(26,27)15-8-9-18(2)3/h16,18-19,25H,4-15,17H2,1-3H3/t19-/m1/s1. The van der Waals surface area contributed by atoms with Crippen LogP contribution in [0.1, 0.15) is 77.8 Å². The van der Waals surface area contributed by atoms with Gasteiger partial charge in [0.15, 0.2) is 0 Å². The van der Waals surface area contributed by atoms with E-state index in [-0.39, 0.29) is 17.5 Å². The van der Waals surface area contributed by atoms with Gasteiger partial charge in [-0.2, -0.15) is 0 Å². The van der Waals surface area contributed by atoms with Crippen molar-refractivity contribution in [2.75, 3.05) is 18.9 Å². The van der Waals surface area contributed by atoms with E-state index in [1.165, 1.54) is 6.42 Å². The lowest BCUT2D eigenvalue weighted by Gasteiger charge is -2.35. The number of aromatic nitrogens is 2. The van der Waals surface area contributed by atoms with E-state index in [9.17, 15) is 13.5 Å². The van der Waals surface area contributed by atoms with E-state index >= 15 is 0 Å². The number of hydrogen-bond donors (Lipinski definition) is 1. The van der Waals surface area contributed by atoms with Crippen LogP contribution in [0, 0.1) is 5.92 Å². The number of aliphatic hydroxyl groups excluding tert-OH is 1. The minimum absolute atomic E-state index is 0.171. The van der Waals surface area contributed by atoms with Crippen LogP contribution < -0.4 is 0 Å². The third-order valence-electron chi connectivity index (χ3n) is 5.69. The number of imidazole rings is 1. The Labute approximate surface area is 171 Å². The Morgan fingerprint density at radius 1 is 1.29 bits per heavy atom. The van der Waals surface area contributed by atoms with E-state index in [2.05, 4.69) is 30.7 Å². The number of likely N-dealkylation sites (tertiary alicyclic amines) is 1. The molecule has 0 spiro atoms. The maximum Gasteiger partial charge on any atom is 0.227 e. The van der Waals surface area contributed by atoms with Gasteiger partial charge in [-0.1, -0.05) is 33.6 Å². The van der Waals surface area contributed by atoms with Crippen molar-refractivity contribution >= 4 is 9.84 Å². The molecule has 7 heteroatoms. The molecule has 1 aliphatic rings. The summed E-state index contributed by atoms with van der Waals surface area (Å²) >= 11 is 0. The van der Waals surface area contributed by atoms with Crippen LogP contribution in [0.5, 0.6) is 0 Å². The number of sulfone groups is 1. The first kappa shape index (κ1) is 23.4. The molecule has 0 radical (unpaired) electrons. The molecule has 0 saturated carbocycles. The summed E-state index contributed by atoms with van der Waals surface area (Å²) in [7, 11) is -3.37. The summed E-state index contributed by atoms with van der Waals surface area (Å²) in [6.07, 6.45) is 9.55. The van der Waals surface area contributed by atoms with Gasteiger partial charge >= 0.3 is 0 Å². The van der Waals surface area contributed by atoms with Gasteiger partial charge in [0.05, 0.1) is 17.6 Å². The van der Waals surface area contributed by atoms with Crippen LogP contribution in [0.25, 0.3) is 0 Å². The molecule has 2 heterocycles. The van der Waals surface area contributed by atoms with E-state index in [1.54, 1.807) is 6.20 Å². The zero-order chi connectivity index (χ0) is 20.6. The predicted octanol–water partition coefficient (Wildman–Crippen LogP) is 3.63. The summed E-state index contributed by atoms with van der Waals surface area (Å²) in [6.45, 7) is 8.97. The Balaban J connectivity index is 2.20. The van der Waals surface area contributed by atoms with Gasteiger partial charge in [-0.25, -0.2) is 13.4 Å². The molecule has 1 aromatic rings. The quantitative estimate of drug-likeness (QED) is 0.566. The lowest BCUT2D eigenvalue weighted by atomic mass is 9.99. The molecule has 2 rings (SSSR count). The molecule has 1 fully saturated rings. The van der Waals surface area contributed by atoms with Crippen molar-refractivity contribution in [1.29, 1.82) is 0 Å². The fraction of sp³-hybridized carbons (Fsp3) is 0.857. The largest absolute Gasteiger partial charge is 0.396 e. The Morgan fingerprint density at radius 3 is 2.75 bits per heavy atom. The monoisotopic (exact) mass is 413 g/mol. The maximum absolute atomic E-state index is 12.9. The van der Waals surface area contributed by atoms with Crippen molar-refractivity contribution in [3.63, 3.8) is 0 Å². The number of piperidine rings is 1. The van der Waals surface area contributed by atoms with Gasteiger partial charge in [0.25, 0.3) is 0 Å². The molecule has 28 heavy (non-hydrogen) atoms. The van der Waals surface area contributed by atoms with Crippen molar-refractivity contribution < 1.29 is 13.5 Å². The van der Waals surface area contributed by atoms with E-state index in [0.29, 0.717) is 31.5 Å². The highest BCUT2D eigenvalue weighted by molar-refractivity contribution is 7.91. The van der Waals surface area contributed by atoms with Crippen LogP contribution in [0.2, 0.25) is 0 Å². The van der Waals surface area contributed by atoms with Crippen molar-refractivity contribution in [3.05, 3.63) is 11.9 Å². The Hall–Kier alpha value is -0.920. The minimum atomic E-state index is -3.37. The van der Waals surface area contributed by atoms with Crippen LogP contribution in [0.3, 0.4) is 0 Å². The highest BCUT2D eigenvalue weighted by atomic mass is 32.2. The number of rotatable bonds is 12. The summed E-state index contributed by atoms with van der Waals surface area (Å²) in [5.41, 5.74) is 0.987. The maximum atomic E-state index is 12.9. The first-order valence-electron chi connectivity index (χ1n) is 11.0. The molecule has 0 bridgehead atoms. The number of hydrogen-bond acceptors (Lipinski definition) is 5. The Bertz CT molecular complexity index is 683. The molecule has 1 aliphatic heterocycles. The molecular formula is C21H39N3O3S. The highest BCUT2D eigenvalue weighted by Gasteiger charge is 2.27. The van der Waals surface area contributed by atoms with Gasteiger partial charge in [-0.15, -0.1) is 0 Å². The Morgan fingerprint density at radius 2 is 2.07 bits per heavy atom. The van der Waals surface area contributed by atoms with Crippen LogP contribution in [-0.4, -0.2) is 52.9 Å². The lowest BCUT2D eigenvalue weighted by molar-refractivity contribution is 0.109. The van der Waals surface area contributed by atoms with Gasteiger partial charge < -0.3 is 9.67 Å². The van der Waals surface area contributed by atoms with Crippen LogP contribution in [0.4, 0.5) is 0 Å². The van der Waals surface area contributed by atoms with Crippen molar-refractivity contribution in [2.24, 2.45) is 5.92 Å². The highest BCUT2D eigenvalue weighted by Crippen LogP contribution is 2.24. The van der Waals surface area contributed by atoms with Crippen molar-refractivity contribution in [2.45, 2.75) is 96.4 Å². The van der Waals surface area contributed by atoms with E-state index in [0.717, 1.165) is 50.8 Å². The van der Waals surface area contributed by atoms with Crippen LogP contribution in [0.15, 0.2) is 11.4 Å². The number of aliphatic hydroxyl groups is 1. The average molecular weight is 414 g/mol. The third kappa shape index (κ3) is 6.56. The molecule has 162 valence electrons. The summed E-state index contributed by atoms with van der Waals surface area (Å²) in [6, 6.07) is 0.374. The molecule has 1 aromatic heterocycles. The Kier molecular flexibility index (Phi) is 9.44. The first-order chi connectivity index (χ1) is 13.4. The second-order valence-electron chi connectivity index (χ2n) is 8.52. The summed E-state index contributed by atoms with van der Waals surface area (Å²) < 4.78 is 27.8. The van der Waals surface area contributed by atoms with Gasteiger partial charge in [-0.3, -0.25) is 4.90 Å². The predicted molar refractivity (Wildman–Crippen MR) is 113 cm³/mol. The SMILES string of the molecule is CCCCn1c(CN2CCCC[C@@H]2CCO)cnc1S(=O)(=O)CCCC(C)C. The lowest BCUT2D eigenvalue weighted by Crippen LogP contribution is -2.40. The van der Waals surface area contributed by atoms with E-state index in [4.69, 9.17) is 0 Å². The van der Waals surface area contributed by atoms with Crippen LogP contribution >= 0.6 is 0 Å². The average Bonchev–Trinajstić information content (AvgIpc) is 3.04. The van der Waals surface area contributed by atoms with Gasteiger partial charge in [-0.05, 0) is 51.0 Å². The molecular weight excluding hydrogens is 374 g/mol. The molecule has 0 aliphatic carbocycles. The minimum Gasteiger partial charge on any atom is -0.396 e. The first-order valence-corrected chi connectivity index (χ1v) is 12.7. The van der Waals surface area contributed by atoms with Gasteiger partial charge in [0.1, 0.15) is 0 Å². The van der Waals surface area contributed by atoms with Gasteiger partial charge in [0.2, 0.25) is 15.0 Å². The van der Waals surface area contributed by atoms with Crippen molar-refractivity contribution in [1.82, 2.24) is 14.5 Å². The van der Waals surface area contributed by atoms with Gasteiger partial charge in [0, 0.05) is 25.7 Å². The molecule has 1 atom stereocenters. The second kappa shape index (κ2) is 11.3. The summed E-state index contributed by atoms with van der Waals surface area (Å²) in [4.78, 5) is 6.77. The smallest absolute Gasteiger partial charge is 0.227 e. The topological polar surface area (TPSA) is 75.4 Å². The summed E-state index contributed by atoms with van der Waals surface area (Å²) in [5, 5.41) is 9.63. The van der Waals surface area contributed by atoms with Crippen molar-refractivity contribution in [3.8, 4) is 0 Å². The van der Waals surface area contributed by atoms with E-state index < -0.39 is 9.84 Å². The normalized spacial score (nSPS) is 18.8. The fourth-order valence-corrected chi connectivity index (χ4v) is 5.53. The number of unbranched alkanes of at least 4 members (excludes halogenated alkanes) is 1. The molecule has 1 saturated heterocycles. The molecule has 1 N–H and O–H groups in total. The second-order valence-corrected chi connectivity index (χ2v) is 10.5. The molecule has 0 unspecified atom stereocenters. The number of nitrogens with zero attached hydrogens (tertiary/aromatic N) is 3. The van der Waals surface area contributed by atoms with E-state index in [1.807, 2.05) is 4.57 Å². The summed E-state index contributed by atoms with van der Waals surface area (Å²) in [5.74, 6) is 0.679. The fourth-order valence-electron chi connectivity index (χ4n) is 4.05. The zero-order valence-corrected chi connectivity index (χ0v) is 18.8. The third-order valence-corrected chi connectivity index (χ3v) is 7.39. The molecule has 6 nitrogen and oxygen atoms in total. The molecule has 0 aromatic carbocycles. The molecule has 0 amide bonds. The van der Waals surface area contributed by atoms with Crippen LogP contribution in [-0.2, 0) is 22.9 Å².